The molecule has 2 heterocycles. The van der Waals surface area contributed by atoms with Crippen molar-refractivity contribution in [1.82, 2.24) is 4.90 Å². The molecule has 4 nitrogen and oxygen atoms in total. The number of thiocarbonyl (C=S) groups is 1. The van der Waals surface area contributed by atoms with Gasteiger partial charge in [-0.3, -0.25) is 9.69 Å². The van der Waals surface area contributed by atoms with Gasteiger partial charge in [-0.25, -0.2) is 0 Å². The van der Waals surface area contributed by atoms with Gasteiger partial charge < -0.3 is 10.0 Å². The van der Waals surface area contributed by atoms with Crippen molar-refractivity contribution >= 4 is 52.3 Å². The number of thioether (sulfide) groups is 1. The lowest BCUT2D eigenvalue weighted by Crippen LogP contribution is -2.33. The van der Waals surface area contributed by atoms with Gasteiger partial charge in [0.25, 0.3) is 5.91 Å². The molecule has 2 aromatic rings. The highest BCUT2D eigenvalue weighted by Crippen LogP contribution is 2.46. The van der Waals surface area contributed by atoms with Crippen LogP contribution in [0.25, 0.3) is 0 Å². The van der Waals surface area contributed by atoms with Crippen LogP contribution in [0.1, 0.15) is 30.3 Å². The highest BCUT2D eigenvalue weighted by molar-refractivity contribution is 7.99. The van der Waals surface area contributed by atoms with Crippen LogP contribution in [0.5, 0.6) is 0 Å². The van der Waals surface area contributed by atoms with E-state index in [0.717, 1.165) is 11.1 Å². The molecule has 1 unspecified atom stereocenters. The molecule has 0 aromatic heterocycles. The Morgan fingerprint density at radius 3 is 2.62 bits per heavy atom. The maximum atomic E-state index is 13.0. The van der Waals surface area contributed by atoms with E-state index in [4.69, 9.17) is 23.8 Å². The quantitative estimate of drug-likeness (QED) is 0.557. The second kappa shape index (κ2) is 7.66. The summed E-state index contributed by atoms with van der Waals surface area (Å²) in [4.78, 5) is 16.6. The summed E-state index contributed by atoms with van der Waals surface area (Å²) >= 11 is 13.5. The molecule has 0 bridgehead atoms. The monoisotopic (exact) mass is 442 g/mol. The van der Waals surface area contributed by atoms with Crippen molar-refractivity contribution < 1.29 is 9.90 Å². The minimum Gasteiger partial charge on any atom is -0.378 e. The summed E-state index contributed by atoms with van der Waals surface area (Å²) in [6, 6.07) is 14.8. The number of benzene rings is 2. The molecule has 1 amide bonds. The molecule has 4 rings (SSSR count). The summed E-state index contributed by atoms with van der Waals surface area (Å²) in [5, 5.41) is 10.8. The van der Waals surface area contributed by atoms with Crippen LogP contribution in [-0.2, 0) is 4.79 Å². The Labute approximate surface area is 184 Å². The van der Waals surface area contributed by atoms with E-state index in [-0.39, 0.29) is 17.3 Å². The molecule has 0 aliphatic carbocycles. The molecule has 1 N–H and O–H groups in total. The molecular formula is C22H19ClN2O2S2. The number of carbonyl (C=O) groups excluding carboxylic acids is 1. The van der Waals surface area contributed by atoms with Crippen LogP contribution in [-0.4, -0.2) is 38.4 Å². The molecule has 2 atom stereocenters. The van der Waals surface area contributed by atoms with Gasteiger partial charge in [-0.15, -0.1) is 11.8 Å². The highest BCUT2D eigenvalue weighted by atomic mass is 35.5. The minimum atomic E-state index is -1.03. The van der Waals surface area contributed by atoms with Crippen molar-refractivity contribution in [2.24, 2.45) is 0 Å². The number of rotatable bonds is 2. The Morgan fingerprint density at radius 1 is 1.24 bits per heavy atom. The fourth-order valence-electron chi connectivity index (χ4n) is 3.35. The zero-order valence-corrected chi connectivity index (χ0v) is 18.3. The molecule has 0 radical (unpaired) electrons. The summed E-state index contributed by atoms with van der Waals surface area (Å²) in [5.41, 5.74) is 1.56. The third-order valence-corrected chi connectivity index (χ3v) is 6.64. The zero-order chi connectivity index (χ0) is 20.8. The van der Waals surface area contributed by atoms with E-state index >= 15 is 0 Å². The summed E-state index contributed by atoms with van der Waals surface area (Å²) in [6.45, 7) is 3.31. The maximum Gasteiger partial charge on any atom is 0.257 e. The lowest BCUT2D eigenvalue weighted by atomic mass is 10.1. The summed E-state index contributed by atoms with van der Waals surface area (Å²) in [7, 11) is 0. The van der Waals surface area contributed by atoms with Crippen LogP contribution in [0.4, 0.5) is 5.69 Å². The normalized spacial score (nSPS) is 21.2. The average molecular weight is 443 g/mol. The van der Waals surface area contributed by atoms with Gasteiger partial charge in [0, 0.05) is 16.3 Å². The Balaban J connectivity index is 1.59. The van der Waals surface area contributed by atoms with E-state index in [0.29, 0.717) is 21.6 Å². The molecule has 148 valence electrons. The Morgan fingerprint density at radius 2 is 1.97 bits per heavy atom. The van der Waals surface area contributed by atoms with Gasteiger partial charge in [-0.05, 0) is 62.0 Å². The molecule has 0 spiro atoms. The molecular weight excluding hydrogens is 424 g/mol. The predicted octanol–water partition coefficient (Wildman–Crippen LogP) is 4.21. The van der Waals surface area contributed by atoms with Crippen molar-refractivity contribution in [2.45, 2.75) is 30.9 Å². The second-order valence-electron chi connectivity index (χ2n) is 7.48. The van der Waals surface area contributed by atoms with Gasteiger partial charge in [0.2, 0.25) is 0 Å². The molecule has 2 fully saturated rings. The number of halogens is 1. The minimum absolute atomic E-state index is 0.0140. The lowest BCUT2D eigenvalue weighted by Gasteiger charge is -2.25. The van der Waals surface area contributed by atoms with Crippen molar-refractivity contribution in [3.05, 3.63) is 64.7 Å². The molecule has 29 heavy (non-hydrogen) atoms. The smallest absolute Gasteiger partial charge is 0.257 e. The summed E-state index contributed by atoms with van der Waals surface area (Å²) in [6.07, 6.45) is 0. The first-order valence-electron chi connectivity index (χ1n) is 9.13. The lowest BCUT2D eigenvalue weighted by molar-refractivity contribution is -0.119. The molecule has 2 aromatic carbocycles. The van der Waals surface area contributed by atoms with Crippen LogP contribution in [0.2, 0.25) is 5.02 Å². The third kappa shape index (κ3) is 4.01. The maximum absolute atomic E-state index is 13.0. The standard InChI is InChI=1S/C22H19ClN2O2S2/c1-22(2,27)11-10-14-6-8-15(9-7-14)20-25-18(13-29-20)19(26)24(21(25)28)17-5-3-4-16(23)12-17/h3-9,12,18,20,27H,13H2,1-2H3/t18-,20?/m0/s1. The molecule has 2 aliphatic heterocycles. The number of nitrogens with zero attached hydrogens (tertiary/aromatic N) is 2. The molecule has 2 saturated heterocycles. The van der Waals surface area contributed by atoms with E-state index in [2.05, 4.69) is 11.8 Å². The van der Waals surface area contributed by atoms with Crippen LogP contribution >= 0.6 is 35.6 Å². The molecule has 7 heteroatoms. The highest BCUT2D eigenvalue weighted by Gasteiger charge is 2.50. The van der Waals surface area contributed by atoms with Crippen molar-refractivity contribution in [3.63, 3.8) is 0 Å². The third-order valence-electron chi connectivity index (χ3n) is 4.69. The number of carbonyl (C=O) groups is 1. The van der Waals surface area contributed by atoms with Gasteiger partial charge in [0.1, 0.15) is 17.0 Å². The largest absolute Gasteiger partial charge is 0.378 e. The van der Waals surface area contributed by atoms with Gasteiger partial charge in [0.15, 0.2) is 5.11 Å². The fourth-order valence-corrected chi connectivity index (χ4v) is 5.46. The van der Waals surface area contributed by atoms with Gasteiger partial charge >= 0.3 is 0 Å². The first kappa shape index (κ1) is 20.2. The second-order valence-corrected chi connectivity index (χ2v) is 9.39. The number of anilines is 1. The number of fused-ring (bicyclic) bond motifs is 1. The fraction of sp³-hybridized carbons (Fsp3) is 0.273. The van der Waals surface area contributed by atoms with Crippen molar-refractivity contribution in [1.29, 1.82) is 0 Å². The van der Waals surface area contributed by atoms with E-state index in [1.807, 2.05) is 41.3 Å². The SMILES string of the molecule is CC(C)(O)C#Cc1ccc(C2SC[C@H]3C(=O)N(c4cccc(Cl)c4)C(=S)N23)cc1. The van der Waals surface area contributed by atoms with Crippen LogP contribution in [0.3, 0.4) is 0 Å². The topological polar surface area (TPSA) is 43.8 Å². The summed E-state index contributed by atoms with van der Waals surface area (Å²) in [5.74, 6) is 6.46. The number of amides is 1. The predicted molar refractivity (Wildman–Crippen MR) is 122 cm³/mol. The number of hydrogen-bond acceptors (Lipinski definition) is 4. The Kier molecular flexibility index (Phi) is 5.34. The van der Waals surface area contributed by atoms with Gasteiger partial charge in [-0.2, -0.15) is 0 Å². The molecule has 2 aliphatic rings. The summed E-state index contributed by atoms with van der Waals surface area (Å²) < 4.78 is 0. The van der Waals surface area contributed by atoms with Crippen LogP contribution in [0, 0.1) is 11.8 Å². The van der Waals surface area contributed by atoms with Gasteiger partial charge in [-0.1, -0.05) is 41.6 Å². The number of hydrogen-bond donors (Lipinski definition) is 1. The van der Waals surface area contributed by atoms with E-state index in [9.17, 15) is 9.90 Å². The first-order valence-corrected chi connectivity index (χ1v) is 11.0. The van der Waals surface area contributed by atoms with E-state index in [1.165, 1.54) is 0 Å². The van der Waals surface area contributed by atoms with Crippen LogP contribution < -0.4 is 4.90 Å². The van der Waals surface area contributed by atoms with Crippen LogP contribution in [0.15, 0.2) is 48.5 Å². The average Bonchev–Trinajstić information content (AvgIpc) is 3.20. The van der Waals surface area contributed by atoms with E-state index in [1.54, 1.807) is 42.6 Å². The first-order chi connectivity index (χ1) is 13.7. The van der Waals surface area contributed by atoms with Gasteiger partial charge in [0.05, 0.1) is 5.69 Å². The van der Waals surface area contributed by atoms with Crippen molar-refractivity contribution in [2.75, 3.05) is 10.7 Å². The van der Waals surface area contributed by atoms with Crippen molar-refractivity contribution in [3.8, 4) is 11.8 Å². The Hall–Kier alpha value is -2.04. The zero-order valence-electron chi connectivity index (χ0n) is 15.9. The Bertz CT molecular complexity index is 1040. The number of aliphatic hydroxyl groups is 1. The molecule has 0 saturated carbocycles. The van der Waals surface area contributed by atoms with E-state index < -0.39 is 5.60 Å².